The second-order valence-corrected chi connectivity index (χ2v) is 11.0. The number of halogens is 1. The van der Waals surface area contributed by atoms with Gasteiger partial charge in [0.05, 0.1) is 22.8 Å². The first-order valence-corrected chi connectivity index (χ1v) is 13.0. The van der Waals surface area contributed by atoms with Crippen LogP contribution in [0.4, 0.5) is 4.39 Å². The number of nitrogens with zero attached hydrogens (tertiary/aromatic N) is 3. The zero-order chi connectivity index (χ0) is 25.5. The predicted molar refractivity (Wildman–Crippen MR) is 142 cm³/mol. The lowest BCUT2D eigenvalue weighted by molar-refractivity contribution is 0.0963. The molecular formula is C27H41FN4OS. The Hall–Kier alpha value is -2.28. The summed E-state index contributed by atoms with van der Waals surface area (Å²) >= 11 is 1.56. The molecule has 1 N–H and O–H groups in total. The minimum atomic E-state index is -0.561. The Morgan fingerprint density at radius 1 is 1.18 bits per heavy atom. The van der Waals surface area contributed by atoms with E-state index >= 15 is 0 Å². The van der Waals surface area contributed by atoms with Crippen LogP contribution in [0.15, 0.2) is 41.6 Å². The van der Waals surface area contributed by atoms with Crippen LogP contribution >= 0.6 is 11.9 Å². The summed E-state index contributed by atoms with van der Waals surface area (Å²) in [5.74, 6) is 1.69. The lowest BCUT2D eigenvalue weighted by atomic mass is 9.96. The van der Waals surface area contributed by atoms with Crippen molar-refractivity contribution >= 4 is 28.9 Å². The molecule has 2 heterocycles. The van der Waals surface area contributed by atoms with Crippen LogP contribution < -0.4 is 5.32 Å². The number of hydrogen-bond acceptors (Lipinski definition) is 3. The Morgan fingerprint density at radius 3 is 2.47 bits per heavy atom. The van der Waals surface area contributed by atoms with Crippen molar-refractivity contribution in [1.29, 1.82) is 0 Å². The van der Waals surface area contributed by atoms with Crippen molar-refractivity contribution < 1.29 is 9.18 Å². The molecule has 1 aromatic carbocycles. The number of carbonyl (C=O) groups is 1. The number of imidazole rings is 1. The van der Waals surface area contributed by atoms with Gasteiger partial charge in [0.25, 0.3) is 5.91 Å². The molecule has 2 aromatic heterocycles. The van der Waals surface area contributed by atoms with E-state index in [1.165, 1.54) is 6.42 Å². The maximum absolute atomic E-state index is 12.6. The highest BCUT2D eigenvalue weighted by Crippen LogP contribution is 2.29. The van der Waals surface area contributed by atoms with E-state index in [-0.39, 0.29) is 11.3 Å². The zero-order valence-corrected chi connectivity index (χ0v) is 22.8. The maximum atomic E-state index is 12.6. The molecule has 0 saturated heterocycles. The summed E-state index contributed by atoms with van der Waals surface area (Å²) < 4.78 is 16.7. The molecule has 1 amide bonds. The van der Waals surface area contributed by atoms with Gasteiger partial charge in [-0.05, 0) is 61.4 Å². The Labute approximate surface area is 208 Å². The van der Waals surface area contributed by atoms with Crippen molar-refractivity contribution in [3.63, 3.8) is 0 Å². The van der Waals surface area contributed by atoms with Crippen LogP contribution in [0, 0.1) is 5.92 Å². The van der Waals surface area contributed by atoms with Crippen molar-refractivity contribution in [1.82, 2.24) is 18.8 Å². The van der Waals surface area contributed by atoms with E-state index in [0.29, 0.717) is 17.9 Å². The van der Waals surface area contributed by atoms with E-state index in [1.54, 1.807) is 19.0 Å². The van der Waals surface area contributed by atoms with Crippen molar-refractivity contribution in [3.8, 4) is 0 Å². The smallest absolute Gasteiger partial charge is 0.252 e. The molecule has 0 spiro atoms. The third kappa shape index (κ3) is 7.62. The van der Waals surface area contributed by atoms with Crippen LogP contribution in [0.25, 0.3) is 11.0 Å². The predicted octanol–water partition coefficient (Wildman–Crippen LogP) is 7.15. The van der Waals surface area contributed by atoms with Crippen molar-refractivity contribution in [2.24, 2.45) is 13.0 Å². The second kappa shape index (κ2) is 12.4. The molecule has 0 bridgehead atoms. The standard InChI is InChI=1S/C18H22N4OS.C9H19F/c1-18(2,3)17-20-14-10-13(6-7-15(14)21(17)5)24-22-9-8-12(11-22)16(23)19-4;1-4-8(3)6-7-9(10)5-2/h6-11H,1-5H3,(H,19,23);8-9H,4-7H2,1-3H3. The van der Waals surface area contributed by atoms with Gasteiger partial charge in [-0.3, -0.25) is 8.77 Å². The van der Waals surface area contributed by atoms with Gasteiger partial charge in [0.1, 0.15) is 5.82 Å². The molecule has 34 heavy (non-hydrogen) atoms. The van der Waals surface area contributed by atoms with Gasteiger partial charge in [0, 0.05) is 36.8 Å². The summed E-state index contributed by atoms with van der Waals surface area (Å²) in [6.07, 6.45) is 6.81. The SMILES string of the molecule is CCC(C)CCC(F)CC.CNC(=O)c1ccn(Sc2ccc3c(c2)nc(C(C)(C)C)n3C)c1. The molecule has 0 aliphatic carbocycles. The number of nitrogens with one attached hydrogen (secondary N) is 1. The van der Waals surface area contributed by atoms with Crippen molar-refractivity contribution in [2.45, 2.75) is 83.7 Å². The molecule has 5 nitrogen and oxygen atoms in total. The number of benzene rings is 1. The van der Waals surface area contributed by atoms with Crippen LogP contribution in [0.1, 0.15) is 83.4 Å². The first kappa shape index (κ1) is 28.0. The first-order chi connectivity index (χ1) is 16.0. The highest BCUT2D eigenvalue weighted by molar-refractivity contribution is 7.97. The van der Waals surface area contributed by atoms with E-state index in [0.717, 1.165) is 34.6 Å². The van der Waals surface area contributed by atoms with Gasteiger partial charge >= 0.3 is 0 Å². The average molecular weight is 489 g/mol. The molecule has 3 aromatic rings. The van der Waals surface area contributed by atoms with E-state index in [4.69, 9.17) is 4.98 Å². The summed E-state index contributed by atoms with van der Waals surface area (Å²) in [4.78, 5) is 17.5. The molecule has 7 heteroatoms. The van der Waals surface area contributed by atoms with Crippen LogP contribution in [0.3, 0.4) is 0 Å². The number of alkyl halides is 1. The fourth-order valence-corrected chi connectivity index (χ4v) is 4.44. The fourth-order valence-electron chi connectivity index (χ4n) is 3.61. The number of rotatable bonds is 8. The fraction of sp³-hybridized carbons (Fsp3) is 0.556. The Balaban J connectivity index is 0.000000347. The van der Waals surface area contributed by atoms with Crippen molar-refractivity contribution in [2.75, 3.05) is 7.05 Å². The molecule has 0 radical (unpaired) electrons. The molecule has 188 valence electrons. The molecule has 2 unspecified atom stereocenters. The van der Waals surface area contributed by atoms with Gasteiger partial charge in [-0.2, -0.15) is 0 Å². The van der Waals surface area contributed by atoms with Crippen molar-refractivity contribution in [3.05, 3.63) is 48.0 Å². The number of carbonyl (C=O) groups excluding carboxylic acids is 1. The van der Waals surface area contributed by atoms with Gasteiger partial charge in [-0.25, -0.2) is 9.37 Å². The monoisotopic (exact) mass is 488 g/mol. The minimum Gasteiger partial charge on any atom is -0.355 e. The lowest BCUT2D eigenvalue weighted by Gasteiger charge is -2.17. The second-order valence-electron chi connectivity index (χ2n) is 9.92. The van der Waals surface area contributed by atoms with Gasteiger partial charge in [0.15, 0.2) is 0 Å². The molecular weight excluding hydrogens is 447 g/mol. The molecule has 0 saturated carbocycles. The maximum Gasteiger partial charge on any atom is 0.252 e. The van der Waals surface area contributed by atoms with E-state index in [9.17, 15) is 9.18 Å². The molecule has 0 aliphatic rings. The van der Waals surface area contributed by atoms with Gasteiger partial charge < -0.3 is 9.88 Å². The van der Waals surface area contributed by atoms with E-state index < -0.39 is 6.17 Å². The normalized spacial score (nSPS) is 13.3. The Bertz CT molecular complexity index is 1060. The van der Waals surface area contributed by atoms with Gasteiger partial charge in [-0.15, -0.1) is 0 Å². The molecule has 0 aliphatic heterocycles. The highest BCUT2D eigenvalue weighted by Gasteiger charge is 2.21. The Kier molecular flexibility index (Phi) is 10.2. The van der Waals surface area contributed by atoms with Crippen LogP contribution in [-0.2, 0) is 12.5 Å². The Morgan fingerprint density at radius 2 is 1.88 bits per heavy atom. The van der Waals surface area contributed by atoms with E-state index in [1.807, 2.05) is 29.4 Å². The summed E-state index contributed by atoms with van der Waals surface area (Å²) in [7, 11) is 3.69. The third-order valence-electron chi connectivity index (χ3n) is 6.00. The molecule has 3 rings (SSSR count). The zero-order valence-electron chi connectivity index (χ0n) is 22.0. The summed E-state index contributed by atoms with van der Waals surface area (Å²) in [6.45, 7) is 12.8. The summed E-state index contributed by atoms with van der Waals surface area (Å²) in [5, 5.41) is 2.63. The molecule has 0 fully saturated rings. The van der Waals surface area contributed by atoms with Gasteiger partial charge in [0.2, 0.25) is 0 Å². The van der Waals surface area contributed by atoms with Crippen LogP contribution in [0.2, 0.25) is 0 Å². The largest absolute Gasteiger partial charge is 0.355 e. The van der Waals surface area contributed by atoms with Gasteiger partial charge in [-0.1, -0.05) is 48.0 Å². The summed E-state index contributed by atoms with van der Waals surface area (Å²) in [6, 6.07) is 8.08. The quantitative estimate of drug-likeness (QED) is 0.366. The number of fused-ring (bicyclic) bond motifs is 1. The van der Waals surface area contributed by atoms with Crippen LogP contribution in [0.5, 0.6) is 0 Å². The topological polar surface area (TPSA) is 51.9 Å². The summed E-state index contributed by atoms with van der Waals surface area (Å²) in [5.41, 5.74) is 2.78. The van der Waals surface area contributed by atoms with E-state index in [2.05, 4.69) is 69.7 Å². The third-order valence-corrected chi connectivity index (χ3v) is 6.91. The first-order valence-electron chi connectivity index (χ1n) is 12.2. The number of hydrogen-bond donors (Lipinski definition) is 1. The number of amides is 1. The number of aromatic nitrogens is 3. The molecule has 2 atom stereocenters. The highest BCUT2D eigenvalue weighted by atomic mass is 32.2. The lowest BCUT2D eigenvalue weighted by Crippen LogP contribution is -2.17. The van der Waals surface area contributed by atoms with Crippen LogP contribution in [-0.4, -0.2) is 32.7 Å². The average Bonchev–Trinajstić information content (AvgIpc) is 3.41. The minimum absolute atomic E-state index is 0.00389. The number of aryl methyl sites for hydroxylation is 1.